The smallest absolute Gasteiger partial charge is 0.128 e. The summed E-state index contributed by atoms with van der Waals surface area (Å²) < 4.78 is 5.39. The second-order valence-electron chi connectivity index (χ2n) is 4.97. The average molecular weight is 272 g/mol. The van der Waals surface area contributed by atoms with Crippen molar-refractivity contribution < 1.29 is 9.84 Å². The molecule has 0 spiro atoms. The van der Waals surface area contributed by atoms with Gasteiger partial charge in [-0.25, -0.2) is 0 Å². The van der Waals surface area contributed by atoms with Gasteiger partial charge in [0, 0.05) is 35.6 Å². The maximum atomic E-state index is 10.4. The fourth-order valence-corrected chi connectivity index (χ4v) is 2.40. The van der Waals surface area contributed by atoms with Crippen LogP contribution in [0.15, 0.2) is 24.5 Å². The molecule has 4 nitrogen and oxygen atoms in total. The molecule has 2 aromatic rings. The number of pyridine rings is 2. The van der Waals surface area contributed by atoms with Gasteiger partial charge in [-0.15, -0.1) is 0 Å². The number of hydrogen-bond acceptors (Lipinski definition) is 4. The number of nitrogens with zero attached hydrogens (tertiary/aromatic N) is 2. The lowest BCUT2D eigenvalue weighted by molar-refractivity contribution is 0.171. The molecule has 0 aliphatic rings. The number of ether oxygens (including phenoxy) is 1. The Kier molecular flexibility index (Phi) is 4.35. The molecule has 2 rings (SSSR count). The zero-order valence-corrected chi connectivity index (χ0v) is 12.3. The molecule has 0 aliphatic heterocycles. The van der Waals surface area contributed by atoms with Crippen LogP contribution in [0.1, 0.15) is 34.2 Å². The van der Waals surface area contributed by atoms with Gasteiger partial charge in [-0.3, -0.25) is 9.97 Å². The molecule has 1 atom stereocenters. The Morgan fingerprint density at radius 1 is 1.20 bits per heavy atom. The molecule has 20 heavy (non-hydrogen) atoms. The molecule has 1 unspecified atom stereocenters. The number of aliphatic hydroxyl groups is 1. The molecule has 1 N–H and O–H groups in total. The summed E-state index contributed by atoms with van der Waals surface area (Å²) in [5, 5.41) is 10.4. The van der Waals surface area contributed by atoms with E-state index in [1.807, 2.05) is 32.9 Å². The minimum absolute atomic E-state index is 0.431. The van der Waals surface area contributed by atoms with E-state index in [9.17, 15) is 5.11 Å². The number of aromatic nitrogens is 2. The highest BCUT2D eigenvalue weighted by Crippen LogP contribution is 2.27. The molecule has 0 radical (unpaired) electrons. The maximum Gasteiger partial charge on any atom is 0.128 e. The molecule has 0 saturated heterocycles. The molecule has 0 bridgehead atoms. The van der Waals surface area contributed by atoms with E-state index in [-0.39, 0.29) is 0 Å². The Balaban J connectivity index is 2.29. The van der Waals surface area contributed by atoms with E-state index in [2.05, 4.69) is 9.97 Å². The van der Waals surface area contributed by atoms with Crippen molar-refractivity contribution in [3.63, 3.8) is 0 Å². The zero-order valence-electron chi connectivity index (χ0n) is 12.3. The van der Waals surface area contributed by atoms with Gasteiger partial charge in [0.2, 0.25) is 0 Å². The lowest BCUT2D eigenvalue weighted by atomic mass is 10.0. The highest BCUT2D eigenvalue weighted by molar-refractivity contribution is 5.41. The summed E-state index contributed by atoms with van der Waals surface area (Å²) in [6, 6.07) is 3.81. The van der Waals surface area contributed by atoms with Gasteiger partial charge < -0.3 is 9.84 Å². The van der Waals surface area contributed by atoms with E-state index in [4.69, 9.17) is 4.74 Å². The van der Waals surface area contributed by atoms with Gasteiger partial charge in [0.05, 0.1) is 12.8 Å². The van der Waals surface area contributed by atoms with E-state index in [1.165, 1.54) is 0 Å². The zero-order chi connectivity index (χ0) is 14.7. The van der Waals surface area contributed by atoms with E-state index in [0.717, 1.165) is 28.1 Å². The van der Waals surface area contributed by atoms with Crippen LogP contribution in [0.4, 0.5) is 0 Å². The number of aryl methyl sites for hydroxylation is 2. The molecular weight excluding hydrogens is 252 g/mol. The van der Waals surface area contributed by atoms with E-state index >= 15 is 0 Å². The third-order valence-corrected chi connectivity index (χ3v) is 3.50. The van der Waals surface area contributed by atoms with Crippen LogP contribution < -0.4 is 4.74 Å². The highest BCUT2D eigenvalue weighted by atomic mass is 16.5. The highest BCUT2D eigenvalue weighted by Gasteiger charge is 2.17. The van der Waals surface area contributed by atoms with Crippen molar-refractivity contribution in [1.82, 2.24) is 9.97 Å². The molecule has 0 fully saturated rings. The summed E-state index contributed by atoms with van der Waals surface area (Å²) in [5.74, 6) is 0.833. The Morgan fingerprint density at radius 3 is 2.60 bits per heavy atom. The van der Waals surface area contributed by atoms with Gasteiger partial charge in [-0.2, -0.15) is 0 Å². The molecular formula is C16H20N2O2. The summed E-state index contributed by atoms with van der Waals surface area (Å²) in [6.07, 6.45) is 3.25. The maximum absolute atomic E-state index is 10.4. The van der Waals surface area contributed by atoms with Gasteiger partial charge in [-0.1, -0.05) is 6.07 Å². The lowest BCUT2D eigenvalue weighted by Gasteiger charge is -2.16. The van der Waals surface area contributed by atoms with Gasteiger partial charge >= 0.3 is 0 Å². The van der Waals surface area contributed by atoms with Crippen molar-refractivity contribution in [3.8, 4) is 5.75 Å². The standard InChI is InChI=1S/C16H20N2O2/c1-10-6-5-7-17-15(10)14(19)8-13-12(3)16(20-4)11(2)9-18-13/h5-7,9,14,19H,8H2,1-4H3. The summed E-state index contributed by atoms with van der Waals surface area (Å²) >= 11 is 0. The average Bonchev–Trinajstić information content (AvgIpc) is 2.43. The normalized spacial score (nSPS) is 12.2. The largest absolute Gasteiger partial charge is 0.496 e. The second kappa shape index (κ2) is 6.01. The topological polar surface area (TPSA) is 55.2 Å². The van der Waals surface area contributed by atoms with Gasteiger partial charge in [0.25, 0.3) is 0 Å². The third-order valence-electron chi connectivity index (χ3n) is 3.50. The van der Waals surface area contributed by atoms with Gasteiger partial charge in [-0.05, 0) is 32.4 Å². The third kappa shape index (κ3) is 2.80. The molecule has 0 saturated carbocycles. The molecule has 4 heteroatoms. The SMILES string of the molecule is COc1c(C)cnc(CC(O)c2ncccc2C)c1C. The monoisotopic (exact) mass is 272 g/mol. The van der Waals surface area contributed by atoms with Crippen molar-refractivity contribution in [2.75, 3.05) is 7.11 Å². The first-order valence-corrected chi connectivity index (χ1v) is 6.63. The number of rotatable bonds is 4. The Bertz CT molecular complexity index is 611. The molecule has 2 aromatic heterocycles. The second-order valence-corrected chi connectivity index (χ2v) is 4.97. The minimum atomic E-state index is -0.658. The van der Waals surface area contributed by atoms with E-state index < -0.39 is 6.10 Å². The van der Waals surface area contributed by atoms with Crippen molar-refractivity contribution in [2.45, 2.75) is 33.3 Å². The molecule has 0 aromatic carbocycles. The van der Waals surface area contributed by atoms with Crippen LogP contribution in [0.5, 0.6) is 5.75 Å². The van der Waals surface area contributed by atoms with Crippen molar-refractivity contribution in [2.24, 2.45) is 0 Å². The molecule has 0 amide bonds. The Hall–Kier alpha value is -1.94. The van der Waals surface area contributed by atoms with Crippen LogP contribution in [0.3, 0.4) is 0 Å². The number of methoxy groups -OCH3 is 1. The first-order valence-electron chi connectivity index (χ1n) is 6.63. The van der Waals surface area contributed by atoms with Crippen LogP contribution in [0.2, 0.25) is 0 Å². The summed E-state index contributed by atoms with van der Waals surface area (Å²) in [7, 11) is 1.65. The lowest BCUT2D eigenvalue weighted by Crippen LogP contribution is -2.09. The van der Waals surface area contributed by atoms with Crippen molar-refractivity contribution >= 4 is 0 Å². The first-order chi connectivity index (χ1) is 9.54. The fourth-order valence-electron chi connectivity index (χ4n) is 2.40. The van der Waals surface area contributed by atoms with Crippen molar-refractivity contribution in [1.29, 1.82) is 0 Å². The Labute approximate surface area is 119 Å². The molecule has 2 heterocycles. The number of aliphatic hydroxyl groups excluding tert-OH is 1. The van der Waals surface area contributed by atoms with Crippen LogP contribution in [-0.4, -0.2) is 22.2 Å². The molecule has 0 aliphatic carbocycles. The van der Waals surface area contributed by atoms with E-state index in [0.29, 0.717) is 12.1 Å². The quantitative estimate of drug-likeness (QED) is 0.929. The predicted molar refractivity (Wildman–Crippen MR) is 77.9 cm³/mol. The summed E-state index contributed by atoms with van der Waals surface area (Å²) in [4.78, 5) is 8.67. The minimum Gasteiger partial charge on any atom is -0.496 e. The fraction of sp³-hybridized carbons (Fsp3) is 0.375. The number of hydrogen-bond donors (Lipinski definition) is 1. The first kappa shape index (κ1) is 14.5. The summed E-state index contributed by atoms with van der Waals surface area (Å²) in [6.45, 7) is 5.87. The van der Waals surface area contributed by atoms with Crippen LogP contribution in [-0.2, 0) is 6.42 Å². The van der Waals surface area contributed by atoms with E-state index in [1.54, 1.807) is 19.5 Å². The summed E-state index contributed by atoms with van der Waals surface area (Å²) in [5.41, 5.74) is 4.49. The van der Waals surface area contributed by atoms with Crippen LogP contribution in [0.25, 0.3) is 0 Å². The predicted octanol–water partition coefficient (Wildman–Crippen LogP) is 2.69. The van der Waals surface area contributed by atoms with Gasteiger partial charge in [0.1, 0.15) is 11.9 Å². The Morgan fingerprint density at radius 2 is 1.95 bits per heavy atom. The van der Waals surface area contributed by atoms with Crippen LogP contribution >= 0.6 is 0 Å². The van der Waals surface area contributed by atoms with Crippen molar-refractivity contribution in [3.05, 3.63) is 52.6 Å². The van der Waals surface area contributed by atoms with Crippen LogP contribution in [0, 0.1) is 20.8 Å². The molecule has 106 valence electrons. The van der Waals surface area contributed by atoms with Gasteiger partial charge in [0.15, 0.2) is 0 Å².